The van der Waals surface area contributed by atoms with Crippen molar-refractivity contribution in [2.24, 2.45) is 0 Å². The van der Waals surface area contributed by atoms with Crippen molar-refractivity contribution in [3.8, 4) is 11.4 Å². The zero-order valence-electron chi connectivity index (χ0n) is 20.6. The Labute approximate surface area is 225 Å². The lowest BCUT2D eigenvalue weighted by Crippen LogP contribution is -2.13. The number of nitrogens with zero attached hydrogens (tertiary/aromatic N) is 1. The van der Waals surface area contributed by atoms with E-state index >= 15 is 0 Å². The number of rotatable bonds is 11. The van der Waals surface area contributed by atoms with E-state index in [2.05, 4.69) is 50.9 Å². The Hall–Kier alpha value is -4.19. The molecule has 4 rings (SSSR count). The molecule has 2 heterocycles. The summed E-state index contributed by atoms with van der Waals surface area (Å²) >= 11 is 3.38. The van der Waals surface area contributed by atoms with Gasteiger partial charge in [0, 0.05) is 28.3 Å². The zero-order chi connectivity index (χ0) is 27.1. The summed E-state index contributed by atoms with van der Waals surface area (Å²) in [5.41, 5.74) is 2.37. The van der Waals surface area contributed by atoms with E-state index in [0.29, 0.717) is 41.7 Å². The van der Waals surface area contributed by atoms with Crippen molar-refractivity contribution in [1.29, 1.82) is 0 Å². The summed E-state index contributed by atoms with van der Waals surface area (Å²) in [7, 11) is 1.37. The van der Waals surface area contributed by atoms with E-state index in [9.17, 15) is 19.2 Å². The predicted molar refractivity (Wildman–Crippen MR) is 145 cm³/mol. The molecule has 0 radical (unpaired) electrons. The number of carbonyl (C=O) groups is 3. The number of amides is 2. The summed E-state index contributed by atoms with van der Waals surface area (Å²) in [6.45, 7) is 0. The van der Waals surface area contributed by atoms with Crippen molar-refractivity contribution in [1.82, 2.24) is 15.1 Å². The van der Waals surface area contributed by atoms with E-state index in [-0.39, 0.29) is 23.4 Å². The first-order chi connectivity index (χ1) is 18.3. The van der Waals surface area contributed by atoms with Gasteiger partial charge >= 0.3 is 11.7 Å². The Morgan fingerprint density at radius 2 is 1.76 bits per heavy atom. The van der Waals surface area contributed by atoms with Gasteiger partial charge in [0.25, 0.3) is 5.91 Å². The van der Waals surface area contributed by atoms with Gasteiger partial charge in [-0.2, -0.15) is 0 Å². The number of H-pyrrole nitrogens is 2. The number of para-hydroxylation sites is 1. The monoisotopic (exact) mass is 583 g/mol. The SMILES string of the molecule is COC(=O)CCCCCCC(=O)Nc1cccc2cc(C(=O)Nc3ccc(Br)cc3-c3noc(=O)[nH]3)[nH]c12. The lowest BCUT2D eigenvalue weighted by molar-refractivity contribution is -0.140. The fourth-order valence-corrected chi connectivity index (χ4v) is 4.32. The Kier molecular flexibility index (Phi) is 8.74. The molecule has 0 spiro atoms. The summed E-state index contributed by atoms with van der Waals surface area (Å²) in [4.78, 5) is 53.7. The van der Waals surface area contributed by atoms with E-state index in [4.69, 9.17) is 0 Å². The standard InChI is InChI=1S/C26H26BrN5O6/c1-37-22(34)10-5-3-2-4-9-21(33)28-19-8-6-7-15-13-20(29-23(15)19)25(35)30-18-12-11-16(27)14-17(18)24-31-26(36)38-32-24/h6-8,11-14,29H,2-5,9-10H2,1H3,(H,28,33)(H,30,35)(H,31,32,36). The second kappa shape index (κ2) is 12.4. The number of aromatic amines is 2. The average molecular weight is 584 g/mol. The number of aromatic nitrogens is 3. The van der Waals surface area contributed by atoms with Crippen molar-refractivity contribution < 1.29 is 23.6 Å². The largest absolute Gasteiger partial charge is 0.469 e. The number of hydrogen-bond donors (Lipinski definition) is 4. The minimum absolute atomic E-state index is 0.132. The van der Waals surface area contributed by atoms with Crippen molar-refractivity contribution in [2.75, 3.05) is 17.7 Å². The second-order valence-corrected chi connectivity index (χ2v) is 9.49. The molecule has 4 aromatic rings. The van der Waals surface area contributed by atoms with Crippen LogP contribution in [-0.2, 0) is 14.3 Å². The van der Waals surface area contributed by atoms with Gasteiger partial charge < -0.3 is 20.4 Å². The minimum atomic E-state index is -0.707. The molecule has 198 valence electrons. The molecule has 4 N–H and O–H groups in total. The van der Waals surface area contributed by atoms with Crippen molar-refractivity contribution in [3.05, 3.63) is 63.2 Å². The summed E-state index contributed by atoms with van der Waals surface area (Å²) in [6, 6.07) is 12.2. The smallest absolute Gasteiger partial charge is 0.439 e. The second-order valence-electron chi connectivity index (χ2n) is 8.58. The summed E-state index contributed by atoms with van der Waals surface area (Å²) < 4.78 is 9.94. The molecule has 2 aromatic heterocycles. The van der Waals surface area contributed by atoms with Crippen molar-refractivity contribution in [2.45, 2.75) is 38.5 Å². The van der Waals surface area contributed by atoms with Gasteiger partial charge in [-0.1, -0.05) is 46.1 Å². The number of carbonyl (C=O) groups excluding carboxylic acids is 3. The Bertz CT molecular complexity index is 1520. The van der Waals surface area contributed by atoms with Crippen LogP contribution in [0, 0.1) is 0 Å². The van der Waals surface area contributed by atoms with Crippen LogP contribution >= 0.6 is 15.9 Å². The van der Waals surface area contributed by atoms with Crippen LogP contribution in [-0.4, -0.2) is 40.0 Å². The molecule has 2 aromatic carbocycles. The number of hydrogen-bond acceptors (Lipinski definition) is 7. The quantitative estimate of drug-likeness (QED) is 0.143. The molecule has 38 heavy (non-hydrogen) atoms. The van der Waals surface area contributed by atoms with Crippen molar-refractivity contribution >= 4 is 56.0 Å². The normalized spacial score (nSPS) is 10.9. The van der Waals surface area contributed by atoms with Crippen LogP contribution in [0.5, 0.6) is 0 Å². The van der Waals surface area contributed by atoms with Gasteiger partial charge in [-0.05, 0) is 43.2 Å². The molecule has 12 heteroatoms. The summed E-state index contributed by atoms with van der Waals surface area (Å²) in [5.74, 6) is -1.30. The molecular weight excluding hydrogens is 558 g/mol. The molecule has 0 aliphatic rings. The lowest BCUT2D eigenvalue weighted by atomic mass is 10.1. The van der Waals surface area contributed by atoms with Crippen LogP contribution in [0.1, 0.15) is 49.0 Å². The highest BCUT2D eigenvalue weighted by molar-refractivity contribution is 9.10. The zero-order valence-corrected chi connectivity index (χ0v) is 22.1. The third kappa shape index (κ3) is 6.76. The summed E-state index contributed by atoms with van der Waals surface area (Å²) in [5, 5.41) is 10.2. The average Bonchev–Trinajstić information content (AvgIpc) is 3.54. The maximum absolute atomic E-state index is 13.1. The first-order valence-corrected chi connectivity index (χ1v) is 12.8. The van der Waals surface area contributed by atoms with E-state index < -0.39 is 11.7 Å². The first-order valence-electron chi connectivity index (χ1n) is 12.0. The number of methoxy groups -OCH3 is 1. The molecule has 0 fully saturated rings. The Balaban J connectivity index is 1.41. The first kappa shape index (κ1) is 26.9. The van der Waals surface area contributed by atoms with E-state index in [0.717, 1.165) is 29.1 Å². The molecule has 0 unspecified atom stereocenters. The third-order valence-corrected chi connectivity index (χ3v) is 6.36. The van der Waals surface area contributed by atoms with Gasteiger partial charge in [-0.3, -0.25) is 23.9 Å². The highest BCUT2D eigenvalue weighted by Crippen LogP contribution is 2.30. The number of unbranched alkanes of at least 4 members (excludes halogenated alkanes) is 3. The third-order valence-electron chi connectivity index (χ3n) is 5.86. The number of anilines is 2. The van der Waals surface area contributed by atoms with Crippen LogP contribution < -0.4 is 16.4 Å². The van der Waals surface area contributed by atoms with E-state index in [1.165, 1.54) is 7.11 Å². The summed E-state index contributed by atoms with van der Waals surface area (Å²) in [6.07, 6.45) is 3.85. The molecule has 11 nitrogen and oxygen atoms in total. The Morgan fingerprint density at radius 3 is 2.50 bits per heavy atom. The molecule has 0 saturated carbocycles. The fourth-order valence-electron chi connectivity index (χ4n) is 3.96. The van der Waals surface area contributed by atoms with E-state index in [1.54, 1.807) is 36.4 Å². The number of nitrogens with one attached hydrogen (secondary N) is 4. The van der Waals surface area contributed by atoms with Crippen LogP contribution in [0.15, 0.2) is 56.3 Å². The highest BCUT2D eigenvalue weighted by atomic mass is 79.9. The van der Waals surface area contributed by atoms with Crippen LogP contribution in [0.25, 0.3) is 22.3 Å². The maximum atomic E-state index is 13.1. The van der Waals surface area contributed by atoms with Gasteiger partial charge in [0.15, 0.2) is 5.82 Å². The molecule has 2 amide bonds. The van der Waals surface area contributed by atoms with Gasteiger partial charge in [0.05, 0.1) is 24.0 Å². The lowest BCUT2D eigenvalue weighted by Gasteiger charge is -2.09. The van der Waals surface area contributed by atoms with Gasteiger partial charge in [-0.15, -0.1) is 0 Å². The predicted octanol–water partition coefficient (Wildman–Crippen LogP) is 4.98. The van der Waals surface area contributed by atoms with Crippen LogP contribution in [0.2, 0.25) is 0 Å². The van der Waals surface area contributed by atoms with Gasteiger partial charge in [0.1, 0.15) is 5.69 Å². The molecule has 0 aliphatic heterocycles. The number of esters is 1. The maximum Gasteiger partial charge on any atom is 0.439 e. The highest BCUT2D eigenvalue weighted by Gasteiger charge is 2.17. The molecular formula is C26H26BrN5O6. The Morgan fingerprint density at radius 1 is 0.974 bits per heavy atom. The topological polar surface area (TPSA) is 159 Å². The van der Waals surface area contributed by atoms with E-state index in [1.807, 2.05) is 6.07 Å². The number of benzene rings is 2. The van der Waals surface area contributed by atoms with Crippen molar-refractivity contribution in [3.63, 3.8) is 0 Å². The molecule has 0 atom stereocenters. The number of ether oxygens (including phenoxy) is 1. The van der Waals surface area contributed by atoms with Crippen LogP contribution in [0.4, 0.5) is 11.4 Å². The van der Waals surface area contributed by atoms with Crippen LogP contribution in [0.3, 0.4) is 0 Å². The fraction of sp³-hybridized carbons (Fsp3) is 0.269. The minimum Gasteiger partial charge on any atom is -0.469 e. The molecule has 0 saturated heterocycles. The number of fused-ring (bicyclic) bond motifs is 1. The molecule has 0 aliphatic carbocycles. The van der Waals surface area contributed by atoms with Gasteiger partial charge in [-0.25, -0.2) is 4.79 Å². The number of halogens is 1. The van der Waals surface area contributed by atoms with Gasteiger partial charge in [0.2, 0.25) is 5.91 Å². The molecule has 0 bridgehead atoms.